The summed E-state index contributed by atoms with van der Waals surface area (Å²) in [6.07, 6.45) is 67.8. The molecule has 0 rings (SSSR count). The average molecular weight is 947 g/mol. The molecule has 0 fully saturated rings. The molecule has 0 aliphatic carbocycles. The Morgan fingerprint density at radius 2 is 0.701 bits per heavy atom. The zero-order valence-electron chi connectivity index (χ0n) is 45.4. The summed E-state index contributed by atoms with van der Waals surface area (Å²) in [6.45, 7) is 4.97. The lowest BCUT2D eigenvalue weighted by atomic mass is 10.0. The van der Waals surface area contributed by atoms with Crippen LogP contribution in [-0.2, 0) is 14.3 Å². The highest BCUT2D eigenvalue weighted by Crippen LogP contribution is 2.18. The first-order chi connectivity index (χ1) is 33.0. The number of hydrogen-bond acceptors (Lipinski definition) is 5. The average Bonchev–Trinajstić information content (AvgIpc) is 3.33. The van der Waals surface area contributed by atoms with Gasteiger partial charge >= 0.3 is 5.97 Å². The lowest BCUT2D eigenvalue weighted by Crippen LogP contribution is -2.45. The van der Waals surface area contributed by atoms with Crippen LogP contribution in [0.3, 0.4) is 0 Å². The van der Waals surface area contributed by atoms with Gasteiger partial charge in [-0.3, -0.25) is 9.59 Å². The molecule has 2 unspecified atom stereocenters. The molecule has 1 amide bonds. The predicted octanol–water partition coefficient (Wildman–Crippen LogP) is 18.9. The van der Waals surface area contributed by atoms with E-state index in [1.807, 2.05) is 0 Å². The number of hydrogen-bond donors (Lipinski definition) is 3. The first kappa shape index (κ1) is 65.6. The van der Waals surface area contributed by atoms with E-state index >= 15 is 0 Å². The molecule has 0 saturated carbocycles. The Kier molecular flexibility index (Phi) is 56.0. The molecular formula is C61H119NO5. The Balaban J connectivity index is 3.43. The Labute approximate surface area is 419 Å². The Morgan fingerprint density at radius 1 is 0.403 bits per heavy atom. The molecular weight excluding hydrogens is 827 g/mol. The first-order valence-electron chi connectivity index (χ1n) is 30.4. The molecule has 0 aromatic heterocycles. The number of ether oxygens (including phenoxy) is 1. The van der Waals surface area contributed by atoms with Gasteiger partial charge in [0.25, 0.3) is 0 Å². The van der Waals surface area contributed by atoms with Crippen LogP contribution in [0.4, 0.5) is 0 Å². The summed E-state index contributed by atoms with van der Waals surface area (Å²) in [5.74, 6) is -0.0347. The molecule has 398 valence electrons. The van der Waals surface area contributed by atoms with Crippen molar-refractivity contribution in [1.29, 1.82) is 0 Å². The number of amides is 1. The van der Waals surface area contributed by atoms with E-state index in [2.05, 4.69) is 31.3 Å². The summed E-state index contributed by atoms with van der Waals surface area (Å²) in [5.41, 5.74) is 0. The van der Waals surface area contributed by atoms with E-state index in [1.54, 1.807) is 0 Å². The lowest BCUT2D eigenvalue weighted by molar-refractivity contribution is -0.143. The second-order valence-corrected chi connectivity index (χ2v) is 21.0. The maximum Gasteiger partial charge on any atom is 0.305 e. The van der Waals surface area contributed by atoms with Crippen molar-refractivity contribution in [1.82, 2.24) is 5.32 Å². The van der Waals surface area contributed by atoms with E-state index in [0.29, 0.717) is 25.9 Å². The highest BCUT2D eigenvalue weighted by atomic mass is 16.5. The molecule has 67 heavy (non-hydrogen) atoms. The number of nitrogens with one attached hydrogen (secondary N) is 1. The van der Waals surface area contributed by atoms with Crippen molar-refractivity contribution in [3.8, 4) is 0 Å². The van der Waals surface area contributed by atoms with Crippen molar-refractivity contribution in [2.45, 2.75) is 353 Å². The van der Waals surface area contributed by atoms with Crippen LogP contribution in [0.5, 0.6) is 0 Å². The minimum atomic E-state index is -0.670. The Bertz CT molecular complexity index is 1000. The van der Waals surface area contributed by atoms with Crippen LogP contribution < -0.4 is 5.32 Å². The third-order valence-corrected chi connectivity index (χ3v) is 14.3. The third kappa shape index (κ3) is 53.8. The van der Waals surface area contributed by atoms with E-state index in [-0.39, 0.29) is 18.5 Å². The number of carbonyl (C=O) groups excluding carboxylic acids is 2. The van der Waals surface area contributed by atoms with E-state index in [4.69, 9.17) is 4.74 Å². The fourth-order valence-electron chi connectivity index (χ4n) is 9.64. The van der Waals surface area contributed by atoms with Crippen LogP contribution in [0.1, 0.15) is 341 Å². The zero-order valence-corrected chi connectivity index (χ0v) is 45.4. The second kappa shape index (κ2) is 57.2. The van der Waals surface area contributed by atoms with Gasteiger partial charge in [-0.2, -0.15) is 0 Å². The van der Waals surface area contributed by atoms with E-state index in [9.17, 15) is 19.8 Å². The molecule has 0 saturated heterocycles. The van der Waals surface area contributed by atoms with Crippen molar-refractivity contribution in [2.75, 3.05) is 13.2 Å². The molecule has 6 heteroatoms. The first-order valence-corrected chi connectivity index (χ1v) is 30.4. The number of aliphatic hydroxyl groups is 2. The van der Waals surface area contributed by atoms with Crippen molar-refractivity contribution in [2.24, 2.45) is 0 Å². The number of rotatable bonds is 57. The van der Waals surface area contributed by atoms with E-state index in [0.717, 1.165) is 38.5 Å². The molecule has 0 aliphatic heterocycles. The van der Waals surface area contributed by atoms with Gasteiger partial charge in [-0.05, 0) is 51.4 Å². The highest BCUT2D eigenvalue weighted by molar-refractivity contribution is 5.76. The third-order valence-electron chi connectivity index (χ3n) is 14.3. The minimum absolute atomic E-state index is 0.00696. The number of carbonyl (C=O) groups is 2. The summed E-state index contributed by atoms with van der Waals surface area (Å²) in [6, 6.07) is -0.548. The van der Waals surface area contributed by atoms with Crippen LogP contribution in [0.15, 0.2) is 12.2 Å². The zero-order chi connectivity index (χ0) is 48.6. The molecule has 0 aliphatic rings. The Morgan fingerprint density at radius 3 is 1.06 bits per heavy atom. The van der Waals surface area contributed by atoms with Gasteiger partial charge in [-0.15, -0.1) is 0 Å². The van der Waals surface area contributed by atoms with E-state index in [1.165, 1.54) is 270 Å². The number of unbranched alkanes of at least 4 members (excludes halogenated alkanes) is 44. The van der Waals surface area contributed by atoms with Crippen LogP contribution in [0, 0.1) is 0 Å². The van der Waals surface area contributed by atoms with Crippen LogP contribution in [-0.4, -0.2) is 47.4 Å². The molecule has 0 radical (unpaired) electrons. The van der Waals surface area contributed by atoms with Gasteiger partial charge in [0.1, 0.15) is 0 Å². The monoisotopic (exact) mass is 946 g/mol. The molecule has 6 nitrogen and oxygen atoms in total. The van der Waals surface area contributed by atoms with Crippen LogP contribution >= 0.6 is 0 Å². The van der Waals surface area contributed by atoms with Gasteiger partial charge in [-0.25, -0.2) is 0 Å². The summed E-state index contributed by atoms with van der Waals surface area (Å²) in [4.78, 5) is 24.5. The molecule has 0 aromatic carbocycles. The largest absolute Gasteiger partial charge is 0.466 e. The molecule has 3 N–H and O–H groups in total. The van der Waals surface area contributed by atoms with Crippen LogP contribution in [0.2, 0.25) is 0 Å². The quantitative estimate of drug-likeness (QED) is 0.0321. The summed E-state index contributed by atoms with van der Waals surface area (Å²) in [7, 11) is 0. The molecule has 2 atom stereocenters. The van der Waals surface area contributed by atoms with Crippen molar-refractivity contribution >= 4 is 11.9 Å². The summed E-state index contributed by atoms with van der Waals surface area (Å²) >= 11 is 0. The summed E-state index contributed by atoms with van der Waals surface area (Å²) in [5, 5.41) is 23.3. The maximum atomic E-state index is 12.5. The SMILES string of the molecule is CCCCCCCCCCCCCCCCCCCC(O)C(CO)NC(=O)CCCCCCCCC/C=C\CCCCCCCCCCOC(=O)CCCCCCCCCCCCCCCC. The highest BCUT2D eigenvalue weighted by Gasteiger charge is 2.20. The van der Waals surface area contributed by atoms with E-state index < -0.39 is 12.1 Å². The van der Waals surface area contributed by atoms with Gasteiger partial charge in [0.2, 0.25) is 5.91 Å². The van der Waals surface area contributed by atoms with Crippen LogP contribution in [0.25, 0.3) is 0 Å². The predicted molar refractivity (Wildman–Crippen MR) is 292 cm³/mol. The maximum absolute atomic E-state index is 12.5. The summed E-state index contributed by atoms with van der Waals surface area (Å²) < 4.78 is 5.48. The number of esters is 1. The van der Waals surface area contributed by atoms with Gasteiger partial charge in [0.15, 0.2) is 0 Å². The molecule has 0 spiro atoms. The fourth-order valence-corrected chi connectivity index (χ4v) is 9.64. The number of aliphatic hydroxyl groups excluding tert-OH is 2. The molecule has 0 heterocycles. The normalized spacial score (nSPS) is 12.6. The minimum Gasteiger partial charge on any atom is -0.466 e. The van der Waals surface area contributed by atoms with Gasteiger partial charge in [0.05, 0.1) is 25.4 Å². The smallest absolute Gasteiger partial charge is 0.305 e. The topological polar surface area (TPSA) is 95.9 Å². The number of allylic oxidation sites excluding steroid dienone is 2. The Hall–Kier alpha value is -1.40. The van der Waals surface area contributed by atoms with Crippen molar-refractivity contribution in [3.05, 3.63) is 12.2 Å². The molecule has 0 bridgehead atoms. The fraction of sp³-hybridized carbons (Fsp3) is 0.934. The van der Waals surface area contributed by atoms with Gasteiger partial charge in [0, 0.05) is 12.8 Å². The molecule has 0 aromatic rings. The van der Waals surface area contributed by atoms with Crippen molar-refractivity contribution < 1.29 is 24.5 Å². The van der Waals surface area contributed by atoms with Crippen molar-refractivity contribution in [3.63, 3.8) is 0 Å². The lowest BCUT2D eigenvalue weighted by Gasteiger charge is -2.22. The van der Waals surface area contributed by atoms with Gasteiger partial charge < -0.3 is 20.3 Å². The standard InChI is InChI=1S/C61H119NO5/c1-3-5-7-9-11-13-15-17-19-23-26-29-33-37-41-45-49-53-59(64)58(57-63)62-60(65)54-50-46-42-38-34-30-27-24-21-20-22-25-28-32-36-40-44-48-52-56-67-61(66)55-51-47-43-39-35-31-18-16-14-12-10-8-6-4-2/h20-21,58-59,63-64H,3-19,22-57H2,1-2H3,(H,62,65)/b21-20-. The van der Waals surface area contributed by atoms with Gasteiger partial charge in [-0.1, -0.05) is 289 Å². The second-order valence-electron chi connectivity index (χ2n) is 21.0.